The minimum atomic E-state index is -2.89. The van der Waals surface area contributed by atoms with Gasteiger partial charge in [-0.25, -0.2) is 13.6 Å². The first kappa shape index (κ1) is 23.4. The van der Waals surface area contributed by atoms with E-state index in [1.54, 1.807) is 44.2 Å². The number of nitrogens with zero attached hydrogens (tertiary/aromatic N) is 2. The highest BCUT2D eigenvalue weighted by molar-refractivity contribution is 6.30. The van der Waals surface area contributed by atoms with Crippen molar-refractivity contribution in [3.8, 4) is 0 Å². The van der Waals surface area contributed by atoms with Gasteiger partial charge in [0.25, 0.3) is 12.3 Å². The van der Waals surface area contributed by atoms with Gasteiger partial charge in [0, 0.05) is 18.5 Å². The smallest absolute Gasteiger partial charge is 0.335 e. The summed E-state index contributed by atoms with van der Waals surface area (Å²) in [6, 6.07) is 10.9. The van der Waals surface area contributed by atoms with E-state index in [2.05, 4.69) is 10.4 Å². The van der Waals surface area contributed by atoms with E-state index in [-0.39, 0.29) is 23.2 Å². The van der Waals surface area contributed by atoms with E-state index < -0.39 is 30.0 Å². The van der Waals surface area contributed by atoms with Crippen molar-refractivity contribution in [3.63, 3.8) is 0 Å². The molecule has 0 saturated heterocycles. The first-order valence-electron chi connectivity index (χ1n) is 9.81. The lowest BCUT2D eigenvalue weighted by atomic mass is 9.99. The van der Waals surface area contributed by atoms with Crippen LogP contribution in [0, 0.1) is 6.92 Å². The quantitative estimate of drug-likeness (QED) is 0.512. The molecule has 9 heteroatoms. The molecule has 1 amide bonds. The number of nitrogens with one attached hydrogen (secondary N) is 1. The molecule has 1 unspecified atom stereocenters. The molecule has 6 nitrogen and oxygen atoms in total. The van der Waals surface area contributed by atoms with Crippen LogP contribution in [0.1, 0.15) is 68.2 Å². The van der Waals surface area contributed by atoms with E-state index in [0.29, 0.717) is 16.1 Å². The van der Waals surface area contributed by atoms with Crippen LogP contribution in [-0.2, 0) is 13.5 Å². The summed E-state index contributed by atoms with van der Waals surface area (Å²) in [5.74, 6) is -1.73. The van der Waals surface area contributed by atoms with E-state index in [0.717, 1.165) is 10.2 Å². The van der Waals surface area contributed by atoms with Crippen LogP contribution in [0.4, 0.5) is 8.78 Å². The summed E-state index contributed by atoms with van der Waals surface area (Å²) in [7, 11) is 1.38. The molecular formula is C23H22ClF2N3O3. The predicted molar refractivity (Wildman–Crippen MR) is 116 cm³/mol. The van der Waals surface area contributed by atoms with E-state index in [4.69, 9.17) is 16.7 Å². The molecule has 32 heavy (non-hydrogen) atoms. The molecule has 0 saturated carbocycles. The number of carbonyl (C=O) groups is 2. The van der Waals surface area contributed by atoms with E-state index in [9.17, 15) is 18.4 Å². The fourth-order valence-corrected chi connectivity index (χ4v) is 3.78. The van der Waals surface area contributed by atoms with Crippen molar-refractivity contribution in [2.45, 2.75) is 32.7 Å². The Kier molecular flexibility index (Phi) is 6.93. The standard InChI is InChI=1S/C23H22ClF2N3O3/c1-12-10-15(23(31)32)6-9-17(12)13(2)27-22(30)19-18(28-29(3)20(19)21(25)26)11-14-4-7-16(24)8-5-14/h4-10,13,21H,11H2,1-3H3,(H,27,30)(H,31,32). The van der Waals surface area contributed by atoms with Crippen LogP contribution < -0.4 is 5.32 Å². The lowest BCUT2D eigenvalue weighted by Gasteiger charge is -2.18. The molecule has 3 rings (SSSR count). The van der Waals surface area contributed by atoms with Crippen LogP contribution in [0.25, 0.3) is 0 Å². The number of halogens is 3. The summed E-state index contributed by atoms with van der Waals surface area (Å²) in [6.07, 6.45) is -2.71. The molecule has 1 heterocycles. The Morgan fingerprint density at radius 2 is 1.84 bits per heavy atom. The SMILES string of the molecule is Cc1cc(C(=O)O)ccc1C(C)NC(=O)c1c(Cc2ccc(Cl)cc2)nn(C)c1C(F)F. The van der Waals surface area contributed by atoms with Crippen molar-refractivity contribution in [2.75, 3.05) is 0 Å². The fourth-order valence-electron chi connectivity index (χ4n) is 3.65. The molecule has 0 fully saturated rings. The van der Waals surface area contributed by atoms with Gasteiger partial charge in [-0.05, 0) is 54.8 Å². The molecule has 1 atom stereocenters. The van der Waals surface area contributed by atoms with Gasteiger partial charge in [0.15, 0.2) is 0 Å². The minimum absolute atomic E-state index is 0.127. The molecule has 0 aliphatic rings. The summed E-state index contributed by atoms with van der Waals surface area (Å²) in [6.45, 7) is 3.43. The number of rotatable bonds is 7. The predicted octanol–water partition coefficient (Wildman–Crippen LogP) is 5.10. The molecule has 0 aliphatic carbocycles. The van der Waals surface area contributed by atoms with Crippen molar-refractivity contribution in [2.24, 2.45) is 7.05 Å². The molecule has 168 valence electrons. The van der Waals surface area contributed by atoms with Gasteiger partial charge in [0.2, 0.25) is 0 Å². The second kappa shape index (κ2) is 9.48. The van der Waals surface area contributed by atoms with Gasteiger partial charge in [-0.15, -0.1) is 0 Å². The highest BCUT2D eigenvalue weighted by Gasteiger charge is 2.29. The normalized spacial score (nSPS) is 12.1. The highest BCUT2D eigenvalue weighted by Crippen LogP contribution is 2.28. The molecule has 2 N–H and O–H groups in total. The lowest BCUT2D eigenvalue weighted by molar-refractivity contribution is 0.0696. The number of carbonyl (C=O) groups excluding carboxylic acids is 1. The van der Waals surface area contributed by atoms with E-state index in [1.807, 2.05) is 0 Å². The number of amides is 1. The molecule has 1 aromatic heterocycles. The molecule has 0 aliphatic heterocycles. The van der Waals surface area contributed by atoms with Crippen LogP contribution in [0.15, 0.2) is 42.5 Å². The summed E-state index contributed by atoms with van der Waals surface area (Å²) in [5.41, 5.74) is 1.86. The number of carboxylic acids is 1. The Morgan fingerprint density at radius 1 is 1.19 bits per heavy atom. The minimum Gasteiger partial charge on any atom is -0.478 e. The number of hydrogen-bond donors (Lipinski definition) is 2. The highest BCUT2D eigenvalue weighted by atomic mass is 35.5. The van der Waals surface area contributed by atoms with Gasteiger partial charge in [-0.1, -0.05) is 29.8 Å². The maximum absolute atomic E-state index is 13.8. The van der Waals surface area contributed by atoms with Crippen LogP contribution in [0.5, 0.6) is 0 Å². The average Bonchev–Trinajstić information content (AvgIpc) is 3.05. The first-order chi connectivity index (χ1) is 15.1. The van der Waals surface area contributed by atoms with Crippen molar-refractivity contribution >= 4 is 23.5 Å². The maximum Gasteiger partial charge on any atom is 0.335 e. The van der Waals surface area contributed by atoms with Gasteiger partial charge in [-0.2, -0.15) is 5.10 Å². The zero-order valence-corrected chi connectivity index (χ0v) is 18.5. The molecule has 0 radical (unpaired) electrons. The third-order valence-corrected chi connectivity index (χ3v) is 5.47. The molecule has 3 aromatic rings. The fraction of sp³-hybridized carbons (Fsp3) is 0.261. The van der Waals surface area contributed by atoms with Crippen LogP contribution in [0.2, 0.25) is 5.02 Å². The van der Waals surface area contributed by atoms with Gasteiger partial charge >= 0.3 is 5.97 Å². The van der Waals surface area contributed by atoms with Gasteiger partial charge in [0.1, 0.15) is 5.69 Å². The van der Waals surface area contributed by atoms with Gasteiger partial charge < -0.3 is 10.4 Å². The third-order valence-electron chi connectivity index (χ3n) is 5.21. The second-order valence-corrected chi connectivity index (χ2v) is 7.94. The second-order valence-electron chi connectivity index (χ2n) is 7.51. The van der Waals surface area contributed by atoms with E-state index >= 15 is 0 Å². The topological polar surface area (TPSA) is 84.2 Å². The van der Waals surface area contributed by atoms with Crippen molar-refractivity contribution in [1.29, 1.82) is 0 Å². The Morgan fingerprint density at radius 3 is 2.41 bits per heavy atom. The summed E-state index contributed by atoms with van der Waals surface area (Å²) < 4.78 is 28.6. The van der Waals surface area contributed by atoms with E-state index in [1.165, 1.54) is 19.2 Å². The number of aryl methyl sites for hydroxylation is 2. The zero-order chi connectivity index (χ0) is 23.6. The number of alkyl halides is 2. The zero-order valence-electron chi connectivity index (χ0n) is 17.7. The van der Waals surface area contributed by atoms with Crippen LogP contribution >= 0.6 is 11.6 Å². The summed E-state index contributed by atoms with van der Waals surface area (Å²) in [4.78, 5) is 24.3. The monoisotopic (exact) mass is 461 g/mol. The molecule has 0 spiro atoms. The van der Waals surface area contributed by atoms with Crippen LogP contribution in [-0.4, -0.2) is 26.8 Å². The van der Waals surface area contributed by atoms with Crippen LogP contribution in [0.3, 0.4) is 0 Å². The number of aromatic carboxylic acids is 1. The Labute approximate surface area is 188 Å². The number of hydrogen-bond acceptors (Lipinski definition) is 3. The first-order valence-corrected chi connectivity index (χ1v) is 10.2. The van der Waals surface area contributed by atoms with Crippen molar-refractivity contribution < 1.29 is 23.5 Å². The number of aromatic nitrogens is 2. The number of benzene rings is 2. The van der Waals surface area contributed by atoms with Gasteiger partial charge in [-0.3, -0.25) is 9.48 Å². The molecular weight excluding hydrogens is 440 g/mol. The third kappa shape index (κ3) is 4.96. The van der Waals surface area contributed by atoms with Crippen molar-refractivity contribution in [1.82, 2.24) is 15.1 Å². The van der Waals surface area contributed by atoms with Crippen molar-refractivity contribution in [3.05, 3.63) is 86.7 Å². The average molecular weight is 462 g/mol. The Hall–Kier alpha value is -3.26. The van der Waals surface area contributed by atoms with Gasteiger partial charge in [0.05, 0.1) is 22.9 Å². The Bertz CT molecular complexity index is 1160. The molecule has 2 aromatic carbocycles. The maximum atomic E-state index is 13.8. The largest absolute Gasteiger partial charge is 0.478 e. The summed E-state index contributed by atoms with van der Waals surface area (Å²) >= 11 is 5.91. The summed E-state index contributed by atoms with van der Waals surface area (Å²) in [5, 5.41) is 16.6. The Balaban J connectivity index is 1.92. The molecule has 0 bridgehead atoms. The lowest BCUT2D eigenvalue weighted by Crippen LogP contribution is -2.29. The number of carboxylic acid groups (broad SMARTS) is 1.